The third-order valence-electron chi connectivity index (χ3n) is 1.96. The highest BCUT2D eigenvalue weighted by Gasteiger charge is 2.10. The molecule has 0 aliphatic heterocycles. The number of nitrogens with one attached hydrogen (secondary N) is 1. The van der Waals surface area contributed by atoms with Crippen LogP contribution in [-0.4, -0.2) is 43.1 Å². The first-order valence-electron chi connectivity index (χ1n) is 5.63. The van der Waals surface area contributed by atoms with Crippen molar-refractivity contribution >= 4 is 12.0 Å². The second-order valence-corrected chi connectivity index (χ2v) is 4.01. The number of alkyl carbamates (subject to hydrolysis) is 1. The Morgan fingerprint density at radius 3 is 2.44 bits per heavy atom. The number of carbonyl (C=O) groups is 2. The van der Waals surface area contributed by atoms with E-state index in [1.807, 2.05) is 0 Å². The molecule has 94 valence electrons. The molecule has 0 aliphatic carbocycles. The number of rotatable bonds is 6. The van der Waals surface area contributed by atoms with Crippen LogP contribution in [0.4, 0.5) is 4.79 Å². The SMILES string of the molecule is CCOC(=O)NCCN(CC(C)C)C(C)=O. The van der Waals surface area contributed by atoms with Crippen molar-refractivity contribution in [3.63, 3.8) is 0 Å². The van der Waals surface area contributed by atoms with E-state index in [1.54, 1.807) is 11.8 Å². The van der Waals surface area contributed by atoms with E-state index in [-0.39, 0.29) is 5.91 Å². The summed E-state index contributed by atoms with van der Waals surface area (Å²) in [5, 5.41) is 2.59. The van der Waals surface area contributed by atoms with E-state index >= 15 is 0 Å². The molecule has 1 N–H and O–H groups in total. The summed E-state index contributed by atoms with van der Waals surface area (Å²) in [6.07, 6.45) is -0.435. The summed E-state index contributed by atoms with van der Waals surface area (Å²) in [5.74, 6) is 0.450. The quantitative estimate of drug-likeness (QED) is 0.746. The summed E-state index contributed by atoms with van der Waals surface area (Å²) in [4.78, 5) is 24.0. The minimum Gasteiger partial charge on any atom is -0.450 e. The van der Waals surface area contributed by atoms with Crippen LogP contribution in [0, 0.1) is 5.92 Å². The van der Waals surface area contributed by atoms with Crippen LogP contribution in [0.3, 0.4) is 0 Å². The van der Waals surface area contributed by atoms with Crippen LogP contribution in [0.15, 0.2) is 0 Å². The average Bonchev–Trinajstić information content (AvgIpc) is 2.15. The summed E-state index contributed by atoms with van der Waals surface area (Å²) in [6.45, 7) is 9.39. The van der Waals surface area contributed by atoms with Crippen molar-refractivity contribution in [2.45, 2.75) is 27.7 Å². The van der Waals surface area contributed by atoms with E-state index in [1.165, 1.54) is 6.92 Å². The molecule has 0 rings (SSSR count). The normalized spacial score (nSPS) is 10.1. The largest absolute Gasteiger partial charge is 0.450 e. The van der Waals surface area contributed by atoms with Crippen LogP contribution in [0.2, 0.25) is 0 Å². The zero-order chi connectivity index (χ0) is 12.6. The molecular formula is C11H22N2O3. The van der Waals surface area contributed by atoms with Crippen LogP contribution in [0.1, 0.15) is 27.7 Å². The Morgan fingerprint density at radius 2 is 2.00 bits per heavy atom. The van der Waals surface area contributed by atoms with Crippen LogP contribution in [0.5, 0.6) is 0 Å². The lowest BCUT2D eigenvalue weighted by atomic mass is 10.2. The zero-order valence-electron chi connectivity index (χ0n) is 10.6. The summed E-state index contributed by atoms with van der Waals surface area (Å²) in [6, 6.07) is 0. The number of nitrogens with zero attached hydrogens (tertiary/aromatic N) is 1. The van der Waals surface area contributed by atoms with Crippen molar-refractivity contribution in [2.75, 3.05) is 26.2 Å². The van der Waals surface area contributed by atoms with Gasteiger partial charge in [0.2, 0.25) is 5.91 Å². The first kappa shape index (κ1) is 14.7. The average molecular weight is 230 g/mol. The molecule has 0 spiro atoms. The van der Waals surface area contributed by atoms with Crippen molar-refractivity contribution in [1.82, 2.24) is 10.2 Å². The first-order chi connectivity index (χ1) is 7.47. The summed E-state index contributed by atoms with van der Waals surface area (Å²) >= 11 is 0. The third-order valence-corrected chi connectivity index (χ3v) is 1.96. The van der Waals surface area contributed by atoms with Crippen LogP contribution >= 0.6 is 0 Å². The standard InChI is InChI=1S/C11H22N2O3/c1-5-16-11(15)12-6-7-13(10(4)14)8-9(2)3/h9H,5-8H2,1-4H3,(H,12,15). The van der Waals surface area contributed by atoms with E-state index in [0.717, 1.165) is 0 Å². The Labute approximate surface area is 97.1 Å². The monoisotopic (exact) mass is 230 g/mol. The minimum atomic E-state index is -0.435. The molecule has 0 bridgehead atoms. The first-order valence-corrected chi connectivity index (χ1v) is 5.63. The predicted molar refractivity (Wildman–Crippen MR) is 62.1 cm³/mol. The van der Waals surface area contributed by atoms with Gasteiger partial charge in [0.1, 0.15) is 0 Å². The van der Waals surface area contributed by atoms with Gasteiger partial charge in [0.25, 0.3) is 0 Å². The molecule has 5 heteroatoms. The number of ether oxygens (including phenoxy) is 1. The van der Waals surface area contributed by atoms with E-state index in [0.29, 0.717) is 32.2 Å². The van der Waals surface area contributed by atoms with Crippen LogP contribution in [-0.2, 0) is 9.53 Å². The molecular weight excluding hydrogens is 208 g/mol. The van der Waals surface area contributed by atoms with Gasteiger partial charge in [-0.1, -0.05) is 13.8 Å². The Kier molecular flexibility index (Phi) is 7.33. The Balaban J connectivity index is 3.85. The Bertz CT molecular complexity index is 229. The number of amides is 2. The number of hydrogen-bond donors (Lipinski definition) is 1. The van der Waals surface area contributed by atoms with E-state index in [4.69, 9.17) is 4.74 Å². The fourth-order valence-corrected chi connectivity index (χ4v) is 1.29. The van der Waals surface area contributed by atoms with Gasteiger partial charge in [-0.3, -0.25) is 4.79 Å². The molecule has 0 heterocycles. The predicted octanol–water partition coefficient (Wildman–Crippen LogP) is 1.24. The van der Waals surface area contributed by atoms with Gasteiger partial charge < -0.3 is 15.0 Å². The molecule has 2 amide bonds. The maximum atomic E-state index is 11.3. The summed E-state index contributed by atoms with van der Waals surface area (Å²) in [5.41, 5.74) is 0. The van der Waals surface area contributed by atoms with Gasteiger partial charge >= 0.3 is 6.09 Å². The number of carbonyl (C=O) groups excluding carboxylic acids is 2. The maximum absolute atomic E-state index is 11.3. The van der Waals surface area contributed by atoms with Crippen molar-refractivity contribution in [1.29, 1.82) is 0 Å². The molecule has 0 aromatic heterocycles. The molecule has 16 heavy (non-hydrogen) atoms. The fourth-order valence-electron chi connectivity index (χ4n) is 1.29. The van der Waals surface area contributed by atoms with Gasteiger partial charge in [-0.25, -0.2) is 4.79 Å². The van der Waals surface area contributed by atoms with Gasteiger partial charge in [-0.2, -0.15) is 0 Å². The minimum absolute atomic E-state index is 0.0272. The summed E-state index contributed by atoms with van der Waals surface area (Å²) < 4.78 is 4.71. The molecule has 0 aromatic rings. The number of hydrogen-bond acceptors (Lipinski definition) is 3. The van der Waals surface area contributed by atoms with E-state index in [2.05, 4.69) is 19.2 Å². The van der Waals surface area contributed by atoms with E-state index < -0.39 is 6.09 Å². The van der Waals surface area contributed by atoms with Crippen LogP contribution in [0.25, 0.3) is 0 Å². The second kappa shape index (κ2) is 7.96. The maximum Gasteiger partial charge on any atom is 0.407 e. The van der Waals surface area contributed by atoms with Crippen molar-refractivity contribution in [3.05, 3.63) is 0 Å². The van der Waals surface area contributed by atoms with Gasteiger partial charge in [0.05, 0.1) is 6.61 Å². The lowest BCUT2D eigenvalue weighted by Gasteiger charge is -2.23. The molecule has 5 nitrogen and oxygen atoms in total. The van der Waals surface area contributed by atoms with Crippen molar-refractivity contribution in [2.24, 2.45) is 5.92 Å². The summed E-state index contributed by atoms with van der Waals surface area (Å²) in [7, 11) is 0. The van der Waals surface area contributed by atoms with Gasteiger partial charge in [-0.15, -0.1) is 0 Å². The molecule has 0 fully saturated rings. The van der Waals surface area contributed by atoms with E-state index in [9.17, 15) is 9.59 Å². The van der Waals surface area contributed by atoms with Crippen LogP contribution < -0.4 is 5.32 Å². The highest BCUT2D eigenvalue weighted by Crippen LogP contribution is 1.98. The lowest BCUT2D eigenvalue weighted by molar-refractivity contribution is -0.129. The second-order valence-electron chi connectivity index (χ2n) is 4.01. The van der Waals surface area contributed by atoms with Crippen molar-refractivity contribution < 1.29 is 14.3 Å². The highest BCUT2D eigenvalue weighted by atomic mass is 16.5. The molecule has 0 atom stereocenters. The Morgan fingerprint density at radius 1 is 1.38 bits per heavy atom. The lowest BCUT2D eigenvalue weighted by Crippen LogP contribution is -2.39. The van der Waals surface area contributed by atoms with Gasteiger partial charge in [0, 0.05) is 26.6 Å². The molecule has 0 saturated carbocycles. The zero-order valence-corrected chi connectivity index (χ0v) is 10.6. The van der Waals surface area contributed by atoms with Gasteiger partial charge in [-0.05, 0) is 12.8 Å². The molecule has 0 radical (unpaired) electrons. The van der Waals surface area contributed by atoms with Gasteiger partial charge in [0.15, 0.2) is 0 Å². The van der Waals surface area contributed by atoms with Crippen molar-refractivity contribution in [3.8, 4) is 0 Å². The highest BCUT2D eigenvalue weighted by molar-refractivity contribution is 5.73. The fraction of sp³-hybridized carbons (Fsp3) is 0.818. The Hall–Kier alpha value is -1.26. The molecule has 0 aliphatic rings. The molecule has 0 aromatic carbocycles. The smallest absolute Gasteiger partial charge is 0.407 e. The topological polar surface area (TPSA) is 58.6 Å². The third kappa shape index (κ3) is 7.09. The molecule has 0 unspecified atom stereocenters. The molecule has 0 saturated heterocycles.